The van der Waals surface area contributed by atoms with Crippen LogP contribution < -0.4 is 16.8 Å². The lowest BCUT2D eigenvalue weighted by atomic mass is 9.93. The number of rotatable bonds is 4. The molecule has 5 N–H and O–H groups in total. The lowest BCUT2D eigenvalue weighted by Crippen LogP contribution is -2.45. The van der Waals surface area contributed by atoms with Gasteiger partial charge in [0.2, 0.25) is 11.9 Å². The van der Waals surface area contributed by atoms with Crippen molar-refractivity contribution in [3.05, 3.63) is 5.82 Å². The third-order valence-electron chi connectivity index (χ3n) is 3.47. The van der Waals surface area contributed by atoms with Gasteiger partial charge >= 0.3 is 6.03 Å². The SMILES string of the molecule is CCC1(CC)NC(=O)N(Cc2nc(N)nc(N)n2)C1=O. The van der Waals surface area contributed by atoms with Crippen molar-refractivity contribution in [3.8, 4) is 0 Å². The van der Waals surface area contributed by atoms with E-state index >= 15 is 0 Å². The second-order valence-corrected chi connectivity index (χ2v) is 4.58. The Morgan fingerprint density at radius 3 is 2.10 bits per heavy atom. The van der Waals surface area contributed by atoms with Gasteiger partial charge in [0.1, 0.15) is 5.54 Å². The molecule has 20 heavy (non-hydrogen) atoms. The summed E-state index contributed by atoms with van der Waals surface area (Å²) in [6.07, 6.45) is 1.04. The molecule has 108 valence electrons. The Bertz CT molecular complexity index is 535. The Hall–Kier alpha value is -2.45. The Morgan fingerprint density at radius 1 is 1.10 bits per heavy atom. The zero-order valence-corrected chi connectivity index (χ0v) is 11.4. The predicted octanol–water partition coefficient (Wildman–Crippen LogP) is -0.353. The van der Waals surface area contributed by atoms with Gasteiger partial charge in [-0.25, -0.2) is 4.79 Å². The topological polar surface area (TPSA) is 140 Å². The Labute approximate surface area is 115 Å². The van der Waals surface area contributed by atoms with E-state index in [0.717, 1.165) is 4.90 Å². The van der Waals surface area contributed by atoms with Crippen LogP contribution in [0, 0.1) is 0 Å². The summed E-state index contributed by atoms with van der Waals surface area (Å²) in [5.74, 6) is -0.194. The summed E-state index contributed by atoms with van der Waals surface area (Å²) in [5, 5.41) is 2.72. The average Bonchev–Trinajstić information content (AvgIpc) is 2.62. The van der Waals surface area contributed by atoms with Crippen molar-refractivity contribution in [2.75, 3.05) is 11.5 Å². The van der Waals surface area contributed by atoms with E-state index in [-0.39, 0.29) is 30.2 Å². The molecular formula is C11H17N7O2. The highest BCUT2D eigenvalue weighted by Crippen LogP contribution is 2.25. The van der Waals surface area contributed by atoms with Gasteiger partial charge in [-0.2, -0.15) is 15.0 Å². The first kappa shape index (κ1) is 14.0. The standard InChI is InChI=1S/C11H17N7O2/c1-3-11(4-2)7(19)18(10(20)17-11)5-6-14-8(12)16-9(13)15-6/h3-5H2,1-2H3,(H,17,20)(H4,12,13,14,15,16). The molecule has 0 spiro atoms. The third-order valence-corrected chi connectivity index (χ3v) is 3.47. The molecule has 2 heterocycles. The van der Waals surface area contributed by atoms with Gasteiger partial charge in [-0.1, -0.05) is 13.8 Å². The van der Waals surface area contributed by atoms with Crippen molar-refractivity contribution >= 4 is 23.8 Å². The van der Waals surface area contributed by atoms with Crippen molar-refractivity contribution in [1.82, 2.24) is 25.2 Å². The molecule has 9 heteroatoms. The largest absolute Gasteiger partial charge is 0.368 e. The maximum atomic E-state index is 12.4. The van der Waals surface area contributed by atoms with Crippen LogP contribution in [0.25, 0.3) is 0 Å². The summed E-state index contributed by atoms with van der Waals surface area (Å²) in [6.45, 7) is 3.62. The maximum absolute atomic E-state index is 12.4. The highest BCUT2D eigenvalue weighted by molar-refractivity contribution is 6.06. The molecule has 1 aromatic rings. The van der Waals surface area contributed by atoms with E-state index in [1.807, 2.05) is 13.8 Å². The number of carbonyl (C=O) groups excluding carboxylic acids is 2. The number of nitrogens with one attached hydrogen (secondary N) is 1. The molecule has 0 aromatic carbocycles. The molecule has 0 atom stereocenters. The van der Waals surface area contributed by atoms with Gasteiger partial charge in [-0.05, 0) is 12.8 Å². The van der Waals surface area contributed by atoms with Crippen LogP contribution in [0.3, 0.4) is 0 Å². The molecule has 0 unspecified atom stereocenters. The zero-order chi connectivity index (χ0) is 14.9. The molecule has 3 amide bonds. The van der Waals surface area contributed by atoms with Gasteiger partial charge in [0.15, 0.2) is 5.82 Å². The molecule has 1 saturated heterocycles. The molecule has 0 radical (unpaired) electrons. The monoisotopic (exact) mass is 279 g/mol. The van der Waals surface area contributed by atoms with E-state index in [1.54, 1.807) is 0 Å². The smallest absolute Gasteiger partial charge is 0.325 e. The fraction of sp³-hybridized carbons (Fsp3) is 0.545. The van der Waals surface area contributed by atoms with E-state index in [4.69, 9.17) is 11.5 Å². The number of nitrogens with zero attached hydrogens (tertiary/aromatic N) is 4. The van der Waals surface area contributed by atoms with E-state index < -0.39 is 11.6 Å². The number of aromatic nitrogens is 3. The van der Waals surface area contributed by atoms with Crippen molar-refractivity contribution in [2.24, 2.45) is 0 Å². The number of carbonyl (C=O) groups is 2. The van der Waals surface area contributed by atoms with Crippen LogP contribution in [0.4, 0.5) is 16.7 Å². The van der Waals surface area contributed by atoms with Gasteiger partial charge < -0.3 is 16.8 Å². The third kappa shape index (κ3) is 2.22. The lowest BCUT2D eigenvalue weighted by Gasteiger charge is -2.22. The molecule has 1 aromatic heterocycles. The molecular weight excluding hydrogens is 262 g/mol. The van der Waals surface area contributed by atoms with Crippen molar-refractivity contribution in [3.63, 3.8) is 0 Å². The molecule has 1 aliphatic rings. The molecule has 0 saturated carbocycles. The number of anilines is 2. The van der Waals surface area contributed by atoms with Gasteiger partial charge in [-0.3, -0.25) is 9.69 Å². The summed E-state index contributed by atoms with van der Waals surface area (Å²) >= 11 is 0. The number of hydrogen-bond acceptors (Lipinski definition) is 7. The molecule has 0 aliphatic carbocycles. The Balaban J connectivity index is 2.25. The van der Waals surface area contributed by atoms with Crippen LogP contribution in [-0.2, 0) is 11.3 Å². The van der Waals surface area contributed by atoms with E-state index in [9.17, 15) is 9.59 Å². The first-order chi connectivity index (χ1) is 9.41. The summed E-state index contributed by atoms with van der Waals surface area (Å²) in [7, 11) is 0. The number of imide groups is 1. The predicted molar refractivity (Wildman–Crippen MR) is 71.0 cm³/mol. The van der Waals surface area contributed by atoms with Gasteiger partial charge in [0, 0.05) is 0 Å². The zero-order valence-electron chi connectivity index (χ0n) is 11.4. The second-order valence-electron chi connectivity index (χ2n) is 4.58. The van der Waals surface area contributed by atoms with E-state index in [0.29, 0.717) is 12.8 Å². The number of hydrogen-bond donors (Lipinski definition) is 3. The van der Waals surface area contributed by atoms with Crippen molar-refractivity contribution in [2.45, 2.75) is 38.8 Å². The normalized spacial score (nSPS) is 17.4. The average molecular weight is 279 g/mol. The number of nitrogens with two attached hydrogens (primary N) is 2. The molecule has 1 aliphatic heterocycles. The van der Waals surface area contributed by atoms with Crippen LogP contribution in [0.5, 0.6) is 0 Å². The minimum Gasteiger partial charge on any atom is -0.368 e. The molecule has 9 nitrogen and oxygen atoms in total. The number of nitrogen functional groups attached to an aromatic ring is 2. The highest BCUT2D eigenvalue weighted by Gasteiger charge is 2.48. The van der Waals surface area contributed by atoms with Gasteiger partial charge in [0.05, 0.1) is 6.54 Å². The van der Waals surface area contributed by atoms with Crippen molar-refractivity contribution in [1.29, 1.82) is 0 Å². The summed E-state index contributed by atoms with van der Waals surface area (Å²) in [6, 6.07) is -0.462. The van der Waals surface area contributed by atoms with Gasteiger partial charge in [-0.15, -0.1) is 0 Å². The first-order valence-corrected chi connectivity index (χ1v) is 6.32. The molecule has 2 rings (SSSR count). The van der Waals surface area contributed by atoms with Gasteiger partial charge in [0.25, 0.3) is 5.91 Å². The lowest BCUT2D eigenvalue weighted by molar-refractivity contribution is -0.132. The number of amides is 3. The van der Waals surface area contributed by atoms with Crippen LogP contribution in [-0.4, -0.2) is 37.3 Å². The minimum absolute atomic E-state index is 0.0446. The quantitative estimate of drug-likeness (QED) is 0.639. The Morgan fingerprint density at radius 2 is 1.65 bits per heavy atom. The summed E-state index contributed by atoms with van der Waals surface area (Å²) < 4.78 is 0. The highest BCUT2D eigenvalue weighted by atomic mass is 16.2. The first-order valence-electron chi connectivity index (χ1n) is 6.32. The minimum atomic E-state index is -0.846. The molecule has 0 bridgehead atoms. The Kier molecular flexibility index (Phi) is 3.43. The van der Waals surface area contributed by atoms with Crippen LogP contribution in [0.1, 0.15) is 32.5 Å². The maximum Gasteiger partial charge on any atom is 0.325 e. The molecule has 1 fully saturated rings. The van der Waals surface area contributed by atoms with Crippen molar-refractivity contribution < 1.29 is 9.59 Å². The summed E-state index contributed by atoms with van der Waals surface area (Å²) in [4.78, 5) is 36.8. The van der Waals surface area contributed by atoms with E-state index in [1.165, 1.54) is 0 Å². The van der Waals surface area contributed by atoms with Crippen LogP contribution in [0.2, 0.25) is 0 Å². The summed E-state index contributed by atoms with van der Waals surface area (Å²) in [5.41, 5.74) is 10.1. The second kappa shape index (κ2) is 4.91. The van der Waals surface area contributed by atoms with Crippen LogP contribution >= 0.6 is 0 Å². The van der Waals surface area contributed by atoms with Crippen LogP contribution in [0.15, 0.2) is 0 Å². The fourth-order valence-electron chi connectivity index (χ4n) is 2.22. The van der Waals surface area contributed by atoms with E-state index in [2.05, 4.69) is 20.3 Å². The fourth-order valence-corrected chi connectivity index (χ4v) is 2.22. The number of urea groups is 1.